The molecule has 5 aliphatic rings. The molecule has 0 amide bonds. The van der Waals surface area contributed by atoms with Crippen molar-refractivity contribution >= 4 is 34.1 Å². The van der Waals surface area contributed by atoms with E-state index >= 15 is 4.39 Å². The smallest absolute Gasteiger partial charge is 0.193 e. The van der Waals surface area contributed by atoms with Crippen molar-refractivity contribution < 1.29 is 37.9 Å². The number of allylic oxidation sites excluding steroid dienone is 4. The van der Waals surface area contributed by atoms with Gasteiger partial charge in [0.15, 0.2) is 29.1 Å². The van der Waals surface area contributed by atoms with Crippen molar-refractivity contribution in [2.45, 2.75) is 84.0 Å². The van der Waals surface area contributed by atoms with Gasteiger partial charge in [0.1, 0.15) is 6.61 Å². The van der Waals surface area contributed by atoms with Crippen molar-refractivity contribution in [2.24, 2.45) is 22.7 Å². The lowest BCUT2D eigenvalue weighted by Crippen LogP contribution is -2.69. The van der Waals surface area contributed by atoms with Crippen LogP contribution in [0.15, 0.2) is 87.0 Å². The minimum atomic E-state index is -2.04. The first-order chi connectivity index (χ1) is 21.4. The summed E-state index contributed by atoms with van der Waals surface area (Å²) in [5.41, 5.74) is -4.35. The molecular formula is C35H37FO7S2. The number of rotatable bonds is 6. The lowest BCUT2D eigenvalue weighted by Gasteiger charge is -2.62. The van der Waals surface area contributed by atoms with Gasteiger partial charge in [0.25, 0.3) is 0 Å². The molecule has 1 unspecified atom stereocenters. The number of benzene rings is 2. The van der Waals surface area contributed by atoms with Gasteiger partial charge < -0.3 is 19.7 Å². The topological polar surface area (TPSA) is 110 Å². The van der Waals surface area contributed by atoms with Crippen molar-refractivity contribution in [1.82, 2.24) is 0 Å². The monoisotopic (exact) mass is 652 g/mol. The molecule has 7 nitrogen and oxygen atoms in total. The fourth-order valence-electron chi connectivity index (χ4n) is 9.27. The molecular weight excluding hydrogens is 616 g/mol. The second kappa shape index (κ2) is 10.8. The minimum Gasteiger partial charge on any atom is -0.390 e. The van der Waals surface area contributed by atoms with Gasteiger partial charge >= 0.3 is 0 Å². The lowest BCUT2D eigenvalue weighted by atomic mass is 9.44. The molecule has 2 aromatic rings. The molecule has 3 saturated carbocycles. The van der Waals surface area contributed by atoms with Crippen LogP contribution in [0, 0.1) is 22.7 Å². The van der Waals surface area contributed by atoms with Crippen LogP contribution in [0.5, 0.6) is 0 Å². The number of carbonyl (C=O) groups excluding carboxylic acids is 2. The molecule has 4 aliphatic carbocycles. The van der Waals surface area contributed by atoms with Gasteiger partial charge in [0, 0.05) is 54.1 Å². The largest absolute Gasteiger partial charge is 0.390 e. The van der Waals surface area contributed by atoms with Crippen molar-refractivity contribution in [1.29, 1.82) is 0 Å². The Labute approximate surface area is 268 Å². The zero-order valence-corrected chi connectivity index (χ0v) is 27.0. The number of alkyl halides is 1. The third kappa shape index (κ3) is 4.32. The molecule has 0 spiro atoms. The van der Waals surface area contributed by atoms with Crippen LogP contribution in [0.4, 0.5) is 4.39 Å². The number of hydrogen-bond donors (Lipinski definition) is 2. The maximum atomic E-state index is 17.6. The number of hydrogen-bond acceptors (Lipinski definition) is 8. The Kier molecular flexibility index (Phi) is 7.47. The van der Waals surface area contributed by atoms with Gasteiger partial charge in [-0.2, -0.15) is 0 Å². The quantitative estimate of drug-likeness (QED) is 0.435. The molecule has 10 heteroatoms. The Morgan fingerprint density at radius 1 is 1.13 bits per heavy atom. The molecule has 1 heterocycles. The van der Waals surface area contributed by atoms with Crippen LogP contribution < -0.4 is 0 Å². The average molecular weight is 653 g/mol. The van der Waals surface area contributed by atoms with Crippen molar-refractivity contribution in [2.75, 3.05) is 12.9 Å². The maximum absolute atomic E-state index is 17.6. The molecule has 4 fully saturated rings. The number of fused-ring (bicyclic) bond motifs is 7. The van der Waals surface area contributed by atoms with E-state index in [4.69, 9.17) is 9.47 Å². The summed E-state index contributed by atoms with van der Waals surface area (Å²) in [6.45, 7) is 2.88. The minimum absolute atomic E-state index is 0.0508. The van der Waals surface area contributed by atoms with E-state index in [2.05, 4.69) is 0 Å². The molecule has 10 atom stereocenters. The number of halogens is 1. The second-order valence-electron chi connectivity index (χ2n) is 13.5. The summed E-state index contributed by atoms with van der Waals surface area (Å²) in [7, 11) is -1.08. The van der Waals surface area contributed by atoms with Crippen LogP contribution in [0.3, 0.4) is 0 Å². The van der Waals surface area contributed by atoms with E-state index < -0.39 is 69.7 Å². The summed E-state index contributed by atoms with van der Waals surface area (Å²) >= 11 is 1.53. The van der Waals surface area contributed by atoms with E-state index in [0.717, 1.165) is 14.7 Å². The molecule has 0 bridgehead atoms. The van der Waals surface area contributed by atoms with Crippen LogP contribution in [-0.4, -0.2) is 62.3 Å². The fraction of sp³-hybridized carbons (Fsp3) is 0.486. The standard InChI is InChI=1S/C35H37FO7S2/c1-32-14-13-22(38)15-21(32)9-12-26-27-17-30-35(29(40)19-37,33(27,2)18-28(39)34(26,32)36)43-31(42-30)20-7-10-23(11-8-20)44-24-5-4-6-25(16-24)45(3)41/h4-8,10-11,13-16,26-28,30-31,37,39H,9,12,17-19H2,1-3H3/t26-,27-,28-,30+,31+,32-,33-,34-,35+,45?/m0/s1. The predicted octanol–water partition coefficient (Wildman–Crippen LogP) is 5.27. The zero-order chi connectivity index (χ0) is 31.9. The highest BCUT2D eigenvalue weighted by molar-refractivity contribution is 7.99. The highest BCUT2D eigenvalue weighted by Gasteiger charge is 2.79. The number of aliphatic hydroxyl groups excluding tert-OH is 2. The van der Waals surface area contributed by atoms with Gasteiger partial charge in [-0.05, 0) is 81.0 Å². The number of carbonyl (C=O) groups is 2. The van der Waals surface area contributed by atoms with Gasteiger partial charge in [-0.3, -0.25) is 13.8 Å². The molecule has 0 radical (unpaired) electrons. The third-order valence-electron chi connectivity index (χ3n) is 11.5. The number of Topliss-reactive ketones (excluding diaryl/α,β-unsaturated/α-hetero) is 1. The highest BCUT2D eigenvalue weighted by Crippen LogP contribution is 2.72. The Balaban J connectivity index is 1.18. The Hall–Kier alpha value is -2.47. The van der Waals surface area contributed by atoms with Crippen LogP contribution in [-0.2, 0) is 29.9 Å². The predicted molar refractivity (Wildman–Crippen MR) is 167 cm³/mol. The molecule has 1 aliphatic heterocycles. The highest BCUT2D eigenvalue weighted by atomic mass is 32.2. The summed E-state index contributed by atoms with van der Waals surface area (Å²) in [5, 5.41) is 21.9. The SMILES string of the molecule is CS(=O)c1cccc(Sc2ccc([C@@H]3O[C@@H]4C[C@H]5[C@@H]6CCC7=CC(=O)C=C[C@]7(C)[C@@]6(F)[C@@H](O)C[C@]5(C)[C@]4(C(=O)CO)O3)cc2)c1. The molecule has 1 saturated heterocycles. The van der Waals surface area contributed by atoms with Crippen LogP contribution in [0.25, 0.3) is 0 Å². The lowest BCUT2D eigenvalue weighted by molar-refractivity contribution is -0.231. The van der Waals surface area contributed by atoms with E-state index in [0.29, 0.717) is 30.4 Å². The molecule has 2 aromatic carbocycles. The summed E-state index contributed by atoms with van der Waals surface area (Å²) in [4.78, 5) is 28.6. The molecule has 238 valence electrons. The summed E-state index contributed by atoms with van der Waals surface area (Å²) in [6.07, 6.45) is 4.35. The zero-order valence-electron chi connectivity index (χ0n) is 25.4. The molecule has 7 rings (SSSR count). The van der Waals surface area contributed by atoms with Crippen LogP contribution in [0.2, 0.25) is 0 Å². The third-order valence-corrected chi connectivity index (χ3v) is 13.4. The van der Waals surface area contributed by atoms with Gasteiger partial charge in [-0.1, -0.05) is 48.5 Å². The normalized spacial score (nSPS) is 40.6. The first-order valence-electron chi connectivity index (χ1n) is 15.4. The molecule has 2 N–H and O–H groups in total. The Bertz CT molecular complexity index is 1660. The van der Waals surface area contributed by atoms with E-state index in [1.165, 1.54) is 23.9 Å². The molecule has 45 heavy (non-hydrogen) atoms. The van der Waals surface area contributed by atoms with E-state index in [1.54, 1.807) is 19.3 Å². The number of ether oxygens (including phenoxy) is 2. The second-order valence-corrected chi connectivity index (χ2v) is 16.0. The number of ketones is 2. The van der Waals surface area contributed by atoms with E-state index in [-0.39, 0.29) is 18.1 Å². The first kappa shape index (κ1) is 31.1. The fourth-order valence-corrected chi connectivity index (χ4v) is 10.8. The van der Waals surface area contributed by atoms with Gasteiger partial charge in [0.2, 0.25) is 0 Å². The molecule has 0 aromatic heterocycles. The number of aliphatic hydroxyl groups is 2. The van der Waals surface area contributed by atoms with Crippen LogP contribution >= 0.6 is 11.8 Å². The van der Waals surface area contributed by atoms with Crippen molar-refractivity contribution in [3.05, 3.63) is 77.9 Å². The van der Waals surface area contributed by atoms with E-state index in [9.17, 15) is 24.0 Å². The van der Waals surface area contributed by atoms with Crippen molar-refractivity contribution in [3.63, 3.8) is 0 Å². The summed E-state index contributed by atoms with van der Waals surface area (Å²) < 4.78 is 42.6. The van der Waals surface area contributed by atoms with Crippen LogP contribution in [0.1, 0.15) is 51.4 Å². The van der Waals surface area contributed by atoms with E-state index in [1.807, 2.05) is 55.5 Å². The average Bonchev–Trinajstić information content (AvgIpc) is 3.51. The maximum Gasteiger partial charge on any atom is 0.193 e. The summed E-state index contributed by atoms with van der Waals surface area (Å²) in [5.74, 6) is -1.66. The summed E-state index contributed by atoms with van der Waals surface area (Å²) in [6, 6.07) is 15.2. The van der Waals surface area contributed by atoms with Gasteiger partial charge in [0.05, 0.1) is 12.2 Å². The Morgan fingerprint density at radius 2 is 1.89 bits per heavy atom. The first-order valence-corrected chi connectivity index (χ1v) is 17.7. The van der Waals surface area contributed by atoms with Gasteiger partial charge in [-0.15, -0.1) is 0 Å². The Morgan fingerprint density at radius 3 is 2.60 bits per heavy atom. The van der Waals surface area contributed by atoms with Gasteiger partial charge in [-0.25, -0.2) is 4.39 Å². The van der Waals surface area contributed by atoms with Crippen molar-refractivity contribution in [3.8, 4) is 0 Å².